The molecule has 0 fully saturated rings. The molecule has 0 atom stereocenters. The van der Waals surface area contributed by atoms with Gasteiger partial charge < -0.3 is 5.32 Å². The zero-order chi connectivity index (χ0) is 18.7. The molecule has 0 radical (unpaired) electrons. The van der Waals surface area contributed by atoms with Crippen LogP contribution in [0, 0.1) is 0 Å². The van der Waals surface area contributed by atoms with E-state index in [-0.39, 0.29) is 17.8 Å². The second kappa shape index (κ2) is 7.33. The van der Waals surface area contributed by atoms with E-state index in [1.807, 2.05) is 24.3 Å². The third-order valence-corrected chi connectivity index (χ3v) is 4.25. The van der Waals surface area contributed by atoms with Crippen LogP contribution >= 0.6 is 15.9 Å². The Kier molecular flexibility index (Phi) is 5.13. The number of alkyl halides is 3. The zero-order valence-electron chi connectivity index (χ0n) is 13.3. The van der Waals surface area contributed by atoms with E-state index in [2.05, 4.69) is 31.4 Å². The fourth-order valence-corrected chi connectivity index (χ4v) is 2.69. The molecule has 134 valence electrons. The topological polar surface area (TPSA) is 57.8 Å². The van der Waals surface area contributed by atoms with Crippen molar-refractivity contribution in [2.75, 3.05) is 0 Å². The quantitative estimate of drug-likeness (QED) is 0.633. The minimum Gasteiger partial charge on any atom is -0.347 e. The lowest BCUT2D eigenvalue weighted by Crippen LogP contribution is -2.24. The van der Waals surface area contributed by atoms with Crippen LogP contribution in [0.1, 0.15) is 21.6 Å². The highest BCUT2D eigenvalue weighted by Gasteiger charge is 2.32. The normalized spacial score (nSPS) is 11.4. The van der Waals surface area contributed by atoms with Crippen LogP contribution in [0.4, 0.5) is 13.2 Å². The fourth-order valence-electron chi connectivity index (χ4n) is 2.43. The Balaban J connectivity index is 1.71. The molecule has 8 heteroatoms. The predicted molar refractivity (Wildman–Crippen MR) is 94.3 cm³/mol. The van der Waals surface area contributed by atoms with E-state index in [1.165, 1.54) is 18.2 Å². The Hall–Kier alpha value is -2.61. The van der Waals surface area contributed by atoms with E-state index in [0.29, 0.717) is 5.69 Å². The van der Waals surface area contributed by atoms with E-state index in [0.717, 1.165) is 16.1 Å². The van der Waals surface area contributed by atoms with Gasteiger partial charge in [-0.05, 0) is 29.8 Å². The molecule has 26 heavy (non-hydrogen) atoms. The number of carbonyl (C=O) groups excluding carboxylic acids is 1. The lowest BCUT2D eigenvalue weighted by molar-refractivity contribution is -0.138. The van der Waals surface area contributed by atoms with Gasteiger partial charge in [0.2, 0.25) is 0 Å². The van der Waals surface area contributed by atoms with Crippen LogP contribution in [-0.2, 0) is 12.7 Å². The van der Waals surface area contributed by atoms with Crippen molar-refractivity contribution in [3.63, 3.8) is 0 Å². The monoisotopic (exact) mass is 423 g/mol. The summed E-state index contributed by atoms with van der Waals surface area (Å²) in [6, 6.07) is 14.0. The van der Waals surface area contributed by atoms with Gasteiger partial charge in [0.1, 0.15) is 5.69 Å². The van der Waals surface area contributed by atoms with Crippen molar-refractivity contribution >= 4 is 21.8 Å². The van der Waals surface area contributed by atoms with Gasteiger partial charge in [-0.25, -0.2) is 0 Å². The standard InChI is InChI=1S/C18H13BrF3N3O/c19-13-7-5-11(6-8-13)15-9-16(25-24-15)17(26)23-10-12-3-1-2-4-14(12)18(20,21)22/h1-9H,10H2,(H,23,26)(H,24,25). The number of carbonyl (C=O) groups is 1. The van der Waals surface area contributed by atoms with Gasteiger partial charge in [0, 0.05) is 16.6 Å². The average molecular weight is 424 g/mol. The number of aromatic amines is 1. The third-order valence-electron chi connectivity index (χ3n) is 3.72. The molecule has 2 aromatic carbocycles. The van der Waals surface area contributed by atoms with Gasteiger partial charge in [-0.15, -0.1) is 0 Å². The maximum atomic E-state index is 13.0. The number of halogens is 4. The Bertz CT molecular complexity index is 920. The minimum atomic E-state index is -4.47. The molecule has 3 aromatic rings. The predicted octanol–water partition coefficient (Wildman–Crippen LogP) is 4.79. The summed E-state index contributed by atoms with van der Waals surface area (Å²) in [6.45, 7) is -0.235. The van der Waals surface area contributed by atoms with Gasteiger partial charge in [-0.3, -0.25) is 9.89 Å². The first-order valence-electron chi connectivity index (χ1n) is 7.59. The van der Waals surface area contributed by atoms with E-state index >= 15 is 0 Å². The van der Waals surface area contributed by atoms with E-state index < -0.39 is 17.6 Å². The van der Waals surface area contributed by atoms with Crippen LogP contribution in [0.5, 0.6) is 0 Å². The maximum absolute atomic E-state index is 13.0. The molecule has 2 N–H and O–H groups in total. The highest BCUT2D eigenvalue weighted by molar-refractivity contribution is 9.10. The van der Waals surface area contributed by atoms with Crippen molar-refractivity contribution in [1.29, 1.82) is 0 Å². The van der Waals surface area contributed by atoms with Crippen molar-refractivity contribution in [2.45, 2.75) is 12.7 Å². The smallest absolute Gasteiger partial charge is 0.347 e. The average Bonchev–Trinajstić information content (AvgIpc) is 3.10. The van der Waals surface area contributed by atoms with Crippen molar-refractivity contribution in [3.05, 3.63) is 75.9 Å². The molecule has 0 aliphatic heterocycles. The molecule has 3 rings (SSSR count). The Morgan fingerprint density at radius 2 is 1.81 bits per heavy atom. The van der Waals surface area contributed by atoms with Gasteiger partial charge >= 0.3 is 6.18 Å². The number of aromatic nitrogens is 2. The van der Waals surface area contributed by atoms with Crippen molar-refractivity contribution in [3.8, 4) is 11.3 Å². The number of rotatable bonds is 4. The summed E-state index contributed by atoms with van der Waals surface area (Å²) >= 11 is 3.34. The van der Waals surface area contributed by atoms with Gasteiger partial charge in [-0.1, -0.05) is 46.3 Å². The summed E-state index contributed by atoms with van der Waals surface area (Å²) in [7, 11) is 0. The molecular formula is C18H13BrF3N3O. The Labute approximate surface area is 155 Å². The first-order chi connectivity index (χ1) is 12.3. The van der Waals surface area contributed by atoms with Crippen molar-refractivity contribution < 1.29 is 18.0 Å². The molecule has 1 amide bonds. The Morgan fingerprint density at radius 1 is 1.12 bits per heavy atom. The molecule has 0 aliphatic carbocycles. The summed E-state index contributed by atoms with van der Waals surface area (Å²) in [5.74, 6) is -0.530. The van der Waals surface area contributed by atoms with Crippen LogP contribution in [0.2, 0.25) is 0 Å². The molecular weight excluding hydrogens is 411 g/mol. The van der Waals surface area contributed by atoms with Gasteiger partial charge in [-0.2, -0.15) is 18.3 Å². The minimum absolute atomic E-state index is 0.000924. The van der Waals surface area contributed by atoms with E-state index in [4.69, 9.17) is 0 Å². The summed E-state index contributed by atoms with van der Waals surface area (Å²) in [5, 5.41) is 9.16. The lowest BCUT2D eigenvalue weighted by Gasteiger charge is -2.12. The molecule has 1 aromatic heterocycles. The summed E-state index contributed by atoms with van der Waals surface area (Å²) < 4.78 is 39.9. The fraction of sp³-hybridized carbons (Fsp3) is 0.111. The summed E-state index contributed by atoms with van der Waals surface area (Å²) in [4.78, 5) is 12.2. The number of hydrogen-bond donors (Lipinski definition) is 2. The van der Waals surface area contributed by atoms with Gasteiger partial charge in [0.25, 0.3) is 5.91 Å². The molecule has 0 bridgehead atoms. The van der Waals surface area contributed by atoms with Crippen LogP contribution in [-0.4, -0.2) is 16.1 Å². The maximum Gasteiger partial charge on any atom is 0.416 e. The number of amides is 1. The zero-order valence-corrected chi connectivity index (χ0v) is 14.9. The molecule has 4 nitrogen and oxygen atoms in total. The molecule has 0 saturated heterocycles. The largest absolute Gasteiger partial charge is 0.416 e. The molecule has 1 heterocycles. The van der Waals surface area contributed by atoms with Crippen LogP contribution in [0.15, 0.2) is 59.1 Å². The Morgan fingerprint density at radius 3 is 2.50 bits per heavy atom. The van der Waals surface area contributed by atoms with Crippen LogP contribution in [0.25, 0.3) is 11.3 Å². The van der Waals surface area contributed by atoms with Crippen LogP contribution in [0.3, 0.4) is 0 Å². The van der Waals surface area contributed by atoms with E-state index in [9.17, 15) is 18.0 Å². The second-order valence-corrected chi connectivity index (χ2v) is 6.43. The van der Waals surface area contributed by atoms with Gasteiger partial charge in [0.05, 0.1) is 11.3 Å². The molecule has 0 aliphatic rings. The van der Waals surface area contributed by atoms with Crippen LogP contribution < -0.4 is 5.32 Å². The highest BCUT2D eigenvalue weighted by Crippen LogP contribution is 2.31. The highest BCUT2D eigenvalue weighted by atomic mass is 79.9. The molecule has 0 spiro atoms. The number of H-pyrrole nitrogens is 1. The number of hydrogen-bond acceptors (Lipinski definition) is 2. The first kappa shape index (κ1) is 18.2. The van der Waals surface area contributed by atoms with E-state index in [1.54, 1.807) is 6.07 Å². The number of nitrogens with one attached hydrogen (secondary N) is 2. The molecule has 0 saturated carbocycles. The number of nitrogens with zero attached hydrogens (tertiary/aromatic N) is 1. The molecule has 0 unspecified atom stereocenters. The summed E-state index contributed by atoms with van der Waals surface area (Å²) in [5.41, 5.74) is 0.790. The van der Waals surface area contributed by atoms with Crippen molar-refractivity contribution in [1.82, 2.24) is 15.5 Å². The first-order valence-corrected chi connectivity index (χ1v) is 8.38. The van der Waals surface area contributed by atoms with Gasteiger partial charge in [0.15, 0.2) is 0 Å². The number of benzene rings is 2. The van der Waals surface area contributed by atoms with Crippen molar-refractivity contribution in [2.24, 2.45) is 0 Å². The lowest BCUT2D eigenvalue weighted by atomic mass is 10.1. The third kappa shape index (κ3) is 4.13. The summed E-state index contributed by atoms with van der Waals surface area (Å²) in [6.07, 6.45) is -4.47. The SMILES string of the molecule is O=C(NCc1ccccc1C(F)(F)F)c1cc(-c2ccc(Br)cc2)n[nH]1. The second-order valence-electron chi connectivity index (χ2n) is 5.51.